The highest BCUT2D eigenvalue weighted by atomic mass is 16.5. The van der Waals surface area contributed by atoms with Gasteiger partial charge in [0.2, 0.25) is 0 Å². The molecule has 1 aromatic carbocycles. The van der Waals surface area contributed by atoms with Crippen LogP contribution in [0.5, 0.6) is 5.75 Å². The van der Waals surface area contributed by atoms with Crippen molar-refractivity contribution >= 4 is 5.96 Å². The molecule has 0 aromatic heterocycles. The summed E-state index contributed by atoms with van der Waals surface area (Å²) in [5, 5.41) is 3.39. The van der Waals surface area contributed by atoms with Crippen molar-refractivity contribution in [2.24, 2.45) is 4.99 Å². The number of ether oxygens (including phenoxy) is 3. The molecule has 6 heteroatoms. The molecule has 0 atom stereocenters. The van der Waals surface area contributed by atoms with E-state index in [9.17, 15) is 0 Å². The van der Waals surface area contributed by atoms with Crippen LogP contribution >= 0.6 is 0 Å². The number of methoxy groups -OCH3 is 1. The predicted octanol–water partition coefficient (Wildman–Crippen LogP) is 2.68. The largest absolute Gasteiger partial charge is 0.496 e. The summed E-state index contributed by atoms with van der Waals surface area (Å²) in [7, 11) is 1.68. The number of nitrogens with zero attached hydrogens (tertiary/aromatic N) is 2. The maximum atomic E-state index is 5.77. The number of nitrogens with one attached hydrogen (secondary N) is 1. The highest BCUT2D eigenvalue weighted by molar-refractivity contribution is 5.80. The molecule has 1 aliphatic heterocycles. The normalized spacial score (nSPS) is 16.0. The Morgan fingerprint density at radius 3 is 2.69 bits per heavy atom. The van der Waals surface area contributed by atoms with Crippen LogP contribution in [0.25, 0.3) is 0 Å². The van der Waals surface area contributed by atoms with Crippen LogP contribution in [-0.2, 0) is 16.1 Å². The molecule has 1 N–H and O–H groups in total. The van der Waals surface area contributed by atoms with E-state index in [-0.39, 0.29) is 0 Å². The van der Waals surface area contributed by atoms with Gasteiger partial charge in [-0.2, -0.15) is 0 Å². The first kappa shape index (κ1) is 20.5. The van der Waals surface area contributed by atoms with Crippen LogP contribution in [0.2, 0.25) is 0 Å². The van der Waals surface area contributed by atoms with E-state index in [4.69, 9.17) is 19.2 Å². The summed E-state index contributed by atoms with van der Waals surface area (Å²) in [5.41, 5.74) is 1.06. The number of rotatable bonds is 9. The zero-order valence-corrected chi connectivity index (χ0v) is 16.4. The van der Waals surface area contributed by atoms with E-state index in [1.165, 1.54) is 0 Å². The van der Waals surface area contributed by atoms with Gasteiger partial charge in [-0.1, -0.05) is 18.2 Å². The Morgan fingerprint density at radius 1 is 1.23 bits per heavy atom. The summed E-state index contributed by atoms with van der Waals surface area (Å²) in [6.45, 7) is 9.55. The van der Waals surface area contributed by atoms with Gasteiger partial charge in [0.1, 0.15) is 5.75 Å². The summed E-state index contributed by atoms with van der Waals surface area (Å²) >= 11 is 0. The second-order valence-electron chi connectivity index (χ2n) is 6.24. The first-order valence-corrected chi connectivity index (χ1v) is 9.63. The fourth-order valence-corrected chi connectivity index (χ4v) is 3.12. The Balaban J connectivity index is 1.76. The van der Waals surface area contributed by atoms with Crippen LogP contribution < -0.4 is 10.1 Å². The Labute approximate surface area is 157 Å². The Bertz CT molecular complexity index is 543. The third-order valence-electron chi connectivity index (χ3n) is 4.43. The Kier molecular flexibility index (Phi) is 9.28. The monoisotopic (exact) mass is 363 g/mol. The number of para-hydroxylation sites is 1. The Morgan fingerprint density at radius 2 is 2.00 bits per heavy atom. The van der Waals surface area contributed by atoms with Crippen molar-refractivity contribution in [3.05, 3.63) is 29.8 Å². The summed E-state index contributed by atoms with van der Waals surface area (Å²) in [6.07, 6.45) is 2.51. The standard InChI is InChI=1S/C20H33N3O3/c1-4-21-20(23-13-10-18(11-14-23)26-5-2)22-12-15-25-16-17-8-6-7-9-19(17)24-3/h6-9,18H,4-5,10-16H2,1-3H3,(H,21,22). The van der Waals surface area contributed by atoms with Crippen LogP contribution in [0, 0.1) is 0 Å². The molecule has 1 fully saturated rings. The lowest BCUT2D eigenvalue weighted by Gasteiger charge is -2.34. The van der Waals surface area contributed by atoms with E-state index in [1.807, 2.05) is 24.3 Å². The molecule has 1 heterocycles. The number of likely N-dealkylation sites (tertiary alicyclic amines) is 1. The number of hydrogen-bond acceptors (Lipinski definition) is 4. The van der Waals surface area contributed by atoms with E-state index >= 15 is 0 Å². The molecule has 0 unspecified atom stereocenters. The second-order valence-corrected chi connectivity index (χ2v) is 6.24. The average Bonchev–Trinajstić information content (AvgIpc) is 2.68. The zero-order chi connectivity index (χ0) is 18.6. The number of benzene rings is 1. The number of guanidine groups is 1. The van der Waals surface area contributed by atoms with E-state index < -0.39 is 0 Å². The van der Waals surface area contributed by atoms with Gasteiger partial charge in [0.15, 0.2) is 5.96 Å². The van der Waals surface area contributed by atoms with Gasteiger partial charge >= 0.3 is 0 Å². The molecule has 0 amide bonds. The first-order chi connectivity index (χ1) is 12.8. The van der Waals surface area contributed by atoms with Crippen molar-refractivity contribution in [3.63, 3.8) is 0 Å². The molecule has 1 saturated heterocycles. The Hall–Kier alpha value is -1.79. The lowest BCUT2D eigenvalue weighted by atomic mass is 10.1. The van der Waals surface area contributed by atoms with Crippen molar-refractivity contribution < 1.29 is 14.2 Å². The molecule has 6 nitrogen and oxygen atoms in total. The fourth-order valence-electron chi connectivity index (χ4n) is 3.12. The molecule has 0 saturated carbocycles. The highest BCUT2D eigenvalue weighted by Crippen LogP contribution is 2.18. The van der Waals surface area contributed by atoms with Crippen molar-refractivity contribution in [1.82, 2.24) is 10.2 Å². The predicted molar refractivity (Wildman–Crippen MR) is 105 cm³/mol. The second kappa shape index (κ2) is 11.8. The van der Waals surface area contributed by atoms with Crippen molar-refractivity contribution in [2.75, 3.05) is 46.5 Å². The van der Waals surface area contributed by atoms with Gasteiger partial charge < -0.3 is 24.4 Å². The van der Waals surface area contributed by atoms with Crippen LogP contribution in [0.1, 0.15) is 32.3 Å². The van der Waals surface area contributed by atoms with E-state index in [1.54, 1.807) is 7.11 Å². The molecule has 0 aliphatic carbocycles. The molecule has 2 rings (SSSR count). The molecule has 26 heavy (non-hydrogen) atoms. The molecule has 0 radical (unpaired) electrons. The number of aliphatic imine (C=N–C) groups is 1. The molecule has 0 spiro atoms. The van der Waals surface area contributed by atoms with Gasteiger partial charge in [-0.3, -0.25) is 4.99 Å². The quantitative estimate of drug-likeness (QED) is 0.415. The first-order valence-electron chi connectivity index (χ1n) is 9.63. The summed E-state index contributed by atoms with van der Waals surface area (Å²) in [5.74, 6) is 1.84. The van der Waals surface area contributed by atoms with Gasteiger partial charge in [0, 0.05) is 31.8 Å². The lowest BCUT2D eigenvalue weighted by Crippen LogP contribution is -2.47. The number of hydrogen-bond donors (Lipinski definition) is 1. The minimum Gasteiger partial charge on any atom is -0.496 e. The summed E-state index contributed by atoms with van der Waals surface area (Å²) in [4.78, 5) is 7.04. The van der Waals surface area contributed by atoms with Crippen molar-refractivity contribution in [3.8, 4) is 5.75 Å². The fraction of sp³-hybridized carbons (Fsp3) is 0.650. The number of piperidine rings is 1. The smallest absolute Gasteiger partial charge is 0.193 e. The highest BCUT2D eigenvalue weighted by Gasteiger charge is 2.21. The summed E-state index contributed by atoms with van der Waals surface area (Å²) < 4.78 is 16.8. The van der Waals surface area contributed by atoms with Gasteiger partial charge in [-0.15, -0.1) is 0 Å². The molecule has 0 bridgehead atoms. The molecular weight excluding hydrogens is 330 g/mol. The lowest BCUT2D eigenvalue weighted by molar-refractivity contribution is 0.0263. The third-order valence-corrected chi connectivity index (χ3v) is 4.43. The van der Waals surface area contributed by atoms with E-state index in [0.717, 1.165) is 56.4 Å². The van der Waals surface area contributed by atoms with Gasteiger partial charge in [0.05, 0.1) is 33.0 Å². The molecule has 1 aliphatic rings. The average molecular weight is 364 g/mol. The van der Waals surface area contributed by atoms with Gasteiger partial charge in [0.25, 0.3) is 0 Å². The van der Waals surface area contributed by atoms with Gasteiger partial charge in [-0.25, -0.2) is 0 Å². The third kappa shape index (κ3) is 6.50. The molecular formula is C20H33N3O3. The molecule has 146 valence electrons. The van der Waals surface area contributed by atoms with Crippen LogP contribution in [0.15, 0.2) is 29.3 Å². The molecule has 1 aromatic rings. The van der Waals surface area contributed by atoms with Crippen LogP contribution in [0.4, 0.5) is 0 Å². The van der Waals surface area contributed by atoms with Crippen molar-refractivity contribution in [2.45, 2.75) is 39.4 Å². The van der Waals surface area contributed by atoms with E-state index in [2.05, 4.69) is 24.1 Å². The maximum Gasteiger partial charge on any atom is 0.193 e. The van der Waals surface area contributed by atoms with E-state index in [0.29, 0.717) is 25.9 Å². The SMILES string of the molecule is CCNC(=NCCOCc1ccccc1OC)N1CCC(OCC)CC1. The van der Waals surface area contributed by atoms with Crippen LogP contribution in [0.3, 0.4) is 0 Å². The van der Waals surface area contributed by atoms with Gasteiger partial charge in [-0.05, 0) is 32.8 Å². The maximum absolute atomic E-state index is 5.77. The minimum atomic E-state index is 0.392. The topological polar surface area (TPSA) is 55.3 Å². The van der Waals surface area contributed by atoms with Crippen LogP contribution in [-0.4, -0.2) is 63.5 Å². The zero-order valence-electron chi connectivity index (χ0n) is 16.4. The minimum absolute atomic E-state index is 0.392. The van der Waals surface area contributed by atoms with Crippen molar-refractivity contribution in [1.29, 1.82) is 0 Å². The summed E-state index contributed by atoms with van der Waals surface area (Å²) in [6, 6.07) is 7.93.